The van der Waals surface area contributed by atoms with Crippen LogP contribution >= 0.6 is 0 Å². The van der Waals surface area contributed by atoms with E-state index < -0.39 is 0 Å². The van der Waals surface area contributed by atoms with Gasteiger partial charge in [0.25, 0.3) is 0 Å². The van der Waals surface area contributed by atoms with Crippen molar-refractivity contribution in [2.24, 2.45) is 5.92 Å². The Balaban J connectivity index is 1.85. The molecular weight excluding hydrogens is 264 g/mol. The Labute approximate surface area is 128 Å². The zero-order valence-electron chi connectivity index (χ0n) is 13.5. The van der Waals surface area contributed by atoms with Gasteiger partial charge in [0, 0.05) is 13.1 Å². The normalized spacial score (nSPS) is 18.9. The van der Waals surface area contributed by atoms with E-state index in [1.165, 1.54) is 31.5 Å². The number of benzene rings is 1. The molecule has 0 spiro atoms. The average Bonchev–Trinajstić information content (AvgIpc) is 2.95. The number of likely N-dealkylation sites (tertiary alicyclic amines) is 1. The van der Waals surface area contributed by atoms with Crippen molar-refractivity contribution in [3.05, 3.63) is 23.8 Å². The monoisotopic (exact) mass is 292 g/mol. The molecule has 1 unspecified atom stereocenters. The lowest BCUT2D eigenvalue weighted by Crippen LogP contribution is -2.22. The Morgan fingerprint density at radius 3 is 2.76 bits per heavy atom. The van der Waals surface area contributed by atoms with E-state index in [9.17, 15) is 0 Å². The minimum absolute atomic E-state index is 0.797. The fraction of sp³-hybridized carbons (Fsp3) is 0.647. The average molecular weight is 292 g/mol. The summed E-state index contributed by atoms with van der Waals surface area (Å²) in [7, 11) is 3.36. The van der Waals surface area contributed by atoms with E-state index in [0.29, 0.717) is 0 Å². The molecule has 1 aliphatic heterocycles. The quantitative estimate of drug-likeness (QED) is 0.747. The van der Waals surface area contributed by atoms with Gasteiger partial charge in [-0.05, 0) is 56.1 Å². The van der Waals surface area contributed by atoms with E-state index in [0.717, 1.165) is 37.1 Å². The zero-order chi connectivity index (χ0) is 15.1. The standard InChI is InChI=1S/C17H28N2O2/c1-4-18-9-7-14-8-10-19(12-14)13-15-5-6-16(20-2)17(11-15)21-3/h5-6,11,14,18H,4,7-10,12-13H2,1-3H3. The van der Waals surface area contributed by atoms with Crippen LogP contribution in [0.5, 0.6) is 11.5 Å². The summed E-state index contributed by atoms with van der Waals surface area (Å²) in [6, 6.07) is 6.21. The molecule has 1 fully saturated rings. The van der Waals surface area contributed by atoms with Crippen molar-refractivity contribution in [3.63, 3.8) is 0 Å². The van der Waals surface area contributed by atoms with E-state index in [4.69, 9.17) is 9.47 Å². The number of ether oxygens (including phenoxy) is 2. The van der Waals surface area contributed by atoms with Crippen molar-refractivity contribution in [1.29, 1.82) is 0 Å². The largest absolute Gasteiger partial charge is 0.493 e. The van der Waals surface area contributed by atoms with Gasteiger partial charge >= 0.3 is 0 Å². The smallest absolute Gasteiger partial charge is 0.161 e. The summed E-state index contributed by atoms with van der Waals surface area (Å²) < 4.78 is 10.7. The maximum absolute atomic E-state index is 5.38. The highest BCUT2D eigenvalue weighted by molar-refractivity contribution is 5.42. The lowest BCUT2D eigenvalue weighted by atomic mass is 10.1. The van der Waals surface area contributed by atoms with Crippen LogP contribution in [0.15, 0.2) is 18.2 Å². The van der Waals surface area contributed by atoms with Crippen LogP contribution < -0.4 is 14.8 Å². The van der Waals surface area contributed by atoms with Crippen LogP contribution in [0.3, 0.4) is 0 Å². The van der Waals surface area contributed by atoms with E-state index >= 15 is 0 Å². The second kappa shape index (κ2) is 8.25. The van der Waals surface area contributed by atoms with Gasteiger partial charge in [0.1, 0.15) is 0 Å². The molecule has 0 radical (unpaired) electrons. The van der Waals surface area contributed by atoms with Crippen LogP contribution in [0.1, 0.15) is 25.3 Å². The molecule has 4 nitrogen and oxygen atoms in total. The van der Waals surface area contributed by atoms with Crippen LogP contribution in [0.4, 0.5) is 0 Å². The molecular formula is C17H28N2O2. The summed E-state index contributed by atoms with van der Waals surface area (Å²) in [6.45, 7) is 7.79. The van der Waals surface area contributed by atoms with Crippen molar-refractivity contribution in [2.45, 2.75) is 26.3 Å². The number of nitrogens with one attached hydrogen (secondary N) is 1. The van der Waals surface area contributed by atoms with Gasteiger partial charge < -0.3 is 14.8 Å². The summed E-state index contributed by atoms with van der Waals surface area (Å²) in [4.78, 5) is 2.54. The second-order valence-electron chi connectivity index (χ2n) is 5.72. The number of nitrogens with zero attached hydrogens (tertiary/aromatic N) is 1. The van der Waals surface area contributed by atoms with E-state index in [-0.39, 0.29) is 0 Å². The van der Waals surface area contributed by atoms with Crippen molar-refractivity contribution in [1.82, 2.24) is 10.2 Å². The summed E-state index contributed by atoms with van der Waals surface area (Å²) >= 11 is 0. The SMILES string of the molecule is CCNCCC1CCN(Cc2ccc(OC)c(OC)c2)C1. The highest BCUT2D eigenvalue weighted by Crippen LogP contribution is 2.29. The topological polar surface area (TPSA) is 33.7 Å². The highest BCUT2D eigenvalue weighted by atomic mass is 16.5. The van der Waals surface area contributed by atoms with Crippen molar-refractivity contribution in [2.75, 3.05) is 40.4 Å². The summed E-state index contributed by atoms with van der Waals surface area (Å²) in [5.74, 6) is 2.45. The Morgan fingerprint density at radius 2 is 2.05 bits per heavy atom. The summed E-state index contributed by atoms with van der Waals surface area (Å²) in [6.07, 6.45) is 2.61. The molecule has 0 bridgehead atoms. The van der Waals surface area contributed by atoms with E-state index in [1.54, 1.807) is 14.2 Å². The van der Waals surface area contributed by atoms with Gasteiger partial charge in [-0.2, -0.15) is 0 Å². The van der Waals surface area contributed by atoms with Crippen LogP contribution in [0, 0.1) is 5.92 Å². The maximum Gasteiger partial charge on any atom is 0.161 e. The molecule has 118 valence electrons. The Bertz CT molecular complexity index is 437. The Kier molecular flexibility index (Phi) is 6.33. The first-order valence-electron chi connectivity index (χ1n) is 7.90. The molecule has 1 aromatic carbocycles. The predicted octanol–water partition coefficient (Wildman–Crippen LogP) is 2.53. The summed E-state index contributed by atoms with van der Waals surface area (Å²) in [5, 5.41) is 3.42. The number of methoxy groups -OCH3 is 2. The van der Waals surface area contributed by atoms with Gasteiger partial charge in [0.15, 0.2) is 11.5 Å². The molecule has 1 aromatic rings. The van der Waals surface area contributed by atoms with E-state index in [1.807, 2.05) is 6.07 Å². The first-order valence-corrected chi connectivity index (χ1v) is 7.90. The molecule has 21 heavy (non-hydrogen) atoms. The van der Waals surface area contributed by atoms with Crippen molar-refractivity contribution >= 4 is 0 Å². The number of hydrogen-bond acceptors (Lipinski definition) is 4. The Hall–Kier alpha value is -1.26. The van der Waals surface area contributed by atoms with Gasteiger partial charge in [-0.25, -0.2) is 0 Å². The van der Waals surface area contributed by atoms with Crippen LogP contribution in [-0.4, -0.2) is 45.3 Å². The molecule has 2 rings (SSSR count). The molecule has 0 aliphatic carbocycles. The van der Waals surface area contributed by atoms with Gasteiger partial charge in [0.2, 0.25) is 0 Å². The van der Waals surface area contributed by atoms with Crippen LogP contribution in [0.25, 0.3) is 0 Å². The van der Waals surface area contributed by atoms with E-state index in [2.05, 4.69) is 29.3 Å². The lowest BCUT2D eigenvalue weighted by molar-refractivity contribution is 0.310. The number of hydrogen-bond donors (Lipinski definition) is 1. The molecule has 1 heterocycles. The van der Waals surface area contributed by atoms with Gasteiger partial charge in [-0.15, -0.1) is 0 Å². The fourth-order valence-corrected chi connectivity index (χ4v) is 3.01. The van der Waals surface area contributed by atoms with Crippen molar-refractivity contribution < 1.29 is 9.47 Å². The molecule has 1 N–H and O–H groups in total. The molecule has 1 saturated heterocycles. The first-order chi connectivity index (χ1) is 10.3. The molecule has 1 aliphatic rings. The van der Waals surface area contributed by atoms with Gasteiger partial charge in [0.05, 0.1) is 14.2 Å². The van der Waals surface area contributed by atoms with Crippen molar-refractivity contribution in [3.8, 4) is 11.5 Å². The third-order valence-electron chi connectivity index (χ3n) is 4.20. The van der Waals surface area contributed by atoms with Crippen LogP contribution in [-0.2, 0) is 6.54 Å². The molecule has 0 saturated carbocycles. The fourth-order valence-electron chi connectivity index (χ4n) is 3.01. The van der Waals surface area contributed by atoms with Gasteiger partial charge in [-0.1, -0.05) is 13.0 Å². The predicted molar refractivity (Wildman–Crippen MR) is 86.1 cm³/mol. The minimum atomic E-state index is 0.797. The molecule has 4 heteroatoms. The lowest BCUT2D eigenvalue weighted by Gasteiger charge is -2.17. The third-order valence-corrected chi connectivity index (χ3v) is 4.20. The molecule has 0 aromatic heterocycles. The maximum atomic E-state index is 5.38. The van der Waals surface area contributed by atoms with Crippen LogP contribution in [0.2, 0.25) is 0 Å². The zero-order valence-corrected chi connectivity index (χ0v) is 13.5. The molecule has 1 atom stereocenters. The Morgan fingerprint density at radius 1 is 1.24 bits per heavy atom. The molecule has 0 amide bonds. The highest BCUT2D eigenvalue weighted by Gasteiger charge is 2.22. The second-order valence-corrected chi connectivity index (χ2v) is 5.72. The minimum Gasteiger partial charge on any atom is -0.493 e. The van der Waals surface area contributed by atoms with Gasteiger partial charge in [-0.3, -0.25) is 4.90 Å². The summed E-state index contributed by atoms with van der Waals surface area (Å²) in [5.41, 5.74) is 1.29. The third kappa shape index (κ3) is 4.61. The first kappa shape index (κ1) is 16.1. The number of rotatable bonds is 8.